The number of anilines is 1. The van der Waals surface area contributed by atoms with Crippen molar-refractivity contribution < 1.29 is 0 Å². The van der Waals surface area contributed by atoms with Crippen LogP contribution in [0.1, 0.15) is 44.6 Å². The summed E-state index contributed by atoms with van der Waals surface area (Å²) >= 11 is 0. The Morgan fingerprint density at radius 3 is 2.26 bits per heavy atom. The van der Waals surface area contributed by atoms with Gasteiger partial charge in [-0.3, -0.25) is 5.41 Å². The van der Waals surface area contributed by atoms with Crippen molar-refractivity contribution in [3.63, 3.8) is 0 Å². The van der Waals surface area contributed by atoms with Crippen LogP contribution in [0, 0.1) is 11.3 Å². The molecule has 104 valence electrons. The topological polar surface area (TPSA) is 53.1 Å². The first-order chi connectivity index (χ1) is 9.11. The third kappa shape index (κ3) is 3.28. The number of hydrogen-bond donors (Lipinski definition) is 2. The number of benzene rings is 1. The smallest absolute Gasteiger partial charge is 0.122 e. The highest BCUT2D eigenvalue weighted by Crippen LogP contribution is 2.31. The molecule has 3 nitrogen and oxygen atoms in total. The summed E-state index contributed by atoms with van der Waals surface area (Å²) in [4.78, 5) is 2.38. The van der Waals surface area contributed by atoms with Gasteiger partial charge in [0, 0.05) is 24.3 Å². The molecule has 1 aliphatic rings. The van der Waals surface area contributed by atoms with Crippen molar-refractivity contribution in [1.82, 2.24) is 0 Å². The number of nitrogens with one attached hydrogen (secondary N) is 1. The molecule has 1 saturated carbocycles. The fourth-order valence-electron chi connectivity index (χ4n) is 3.03. The number of rotatable bonds is 4. The van der Waals surface area contributed by atoms with E-state index in [1.54, 1.807) is 0 Å². The van der Waals surface area contributed by atoms with Crippen LogP contribution in [0.2, 0.25) is 0 Å². The summed E-state index contributed by atoms with van der Waals surface area (Å²) in [7, 11) is 2.18. The van der Waals surface area contributed by atoms with E-state index in [1.807, 2.05) is 12.1 Å². The molecule has 1 aromatic carbocycles. The van der Waals surface area contributed by atoms with Crippen LogP contribution in [0.25, 0.3) is 0 Å². The Kier molecular flexibility index (Phi) is 4.46. The second-order valence-electron chi connectivity index (χ2n) is 5.65. The molecule has 0 unspecified atom stereocenters. The van der Waals surface area contributed by atoms with Crippen LogP contribution in [0.3, 0.4) is 0 Å². The summed E-state index contributed by atoms with van der Waals surface area (Å²) in [6.45, 7) is 2.30. The van der Waals surface area contributed by atoms with E-state index in [1.165, 1.54) is 37.8 Å². The van der Waals surface area contributed by atoms with Crippen LogP contribution >= 0.6 is 0 Å². The van der Waals surface area contributed by atoms with Crippen LogP contribution in [-0.4, -0.2) is 18.9 Å². The molecule has 3 N–H and O–H groups in total. The van der Waals surface area contributed by atoms with Gasteiger partial charge in [0.15, 0.2) is 0 Å². The predicted octanol–water partition coefficient (Wildman–Crippen LogP) is 3.38. The summed E-state index contributed by atoms with van der Waals surface area (Å²) < 4.78 is 0. The lowest BCUT2D eigenvalue weighted by Gasteiger charge is -2.35. The lowest BCUT2D eigenvalue weighted by atomic mass is 9.84. The molecule has 0 bridgehead atoms. The standard InChI is InChI=1S/C16H25N3/c1-3-12-4-8-14(9-5-12)19(2)15-10-6-13(7-11-15)16(17)18/h6-7,10-12,14H,3-5,8-9H2,1-2H3,(H3,17,18). The third-order valence-corrected chi connectivity index (χ3v) is 4.53. The predicted molar refractivity (Wildman–Crippen MR) is 81.9 cm³/mol. The molecule has 1 aliphatic carbocycles. The van der Waals surface area contributed by atoms with Gasteiger partial charge in [0.25, 0.3) is 0 Å². The fourth-order valence-corrected chi connectivity index (χ4v) is 3.03. The van der Waals surface area contributed by atoms with E-state index in [0.717, 1.165) is 11.5 Å². The Labute approximate surface area is 116 Å². The van der Waals surface area contributed by atoms with Gasteiger partial charge in [-0.25, -0.2) is 0 Å². The highest BCUT2D eigenvalue weighted by molar-refractivity contribution is 5.95. The number of nitrogen functional groups attached to an aromatic ring is 1. The molecule has 1 fully saturated rings. The fraction of sp³-hybridized carbons (Fsp3) is 0.562. The molecule has 0 radical (unpaired) electrons. The zero-order valence-corrected chi connectivity index (χ0v) is 12.0. The van der Waals surface area contributed by atoms with Gasteiger partial charge in [-0.05, 0) is 55.9 Å². The summed E-state index contributed by atoms with van der Waals surface area (Å²) in [5, 5.41) is 7.42. The number of nitrogens with zero attached hydrogens (tertiary/aromatic N) is 1. The maximum absolute atomic E-state index is 7.42. The largest absolute Gasteiger partial charge is 0.384 e. The number of nitrogens with two attached hydrogens (primary N) is 1. The van der Waals surface area contributed by atoms with Crippen molar-refractivity contribution >= 4 is 11.5 Å². The normalized spacial score (nSPS) is 23.1. The molecular formula is C16H25N3. The molecule has 0 heterocycles. The molecule has 0 aromatic heterocycles. The molecule has 0 spiro atoms. The highest BCUT2D eigenvalue weighted by atomic mass is 15.1. The average molecular weight is 259 g/mol. The summed E-state index contributed by atoms with van der Waals surface area (Å²) in [5.41, 5.74) is 7.51. The van der Waals surface area contributed by atoms with Gasteiger partial charge >= 0.3 is 0 Å². The first-order valence-electron chi connectivity index (χ1n) is 7.29. The minimum absolute atomic E-state index is 0.137. The second-order valence-corrected chi connectivity index (χ2v) is 5.65. The van der Waals surface area contributed by atoms with Crippen molar-refractivity contribution in [3.8, 4) is 0 Å². The Morgan fingerprint density at radius 1 is 1.21 bits per heavy atom. The monoisotopic (exact) mass is 259 g/mol. The molecule has 2 rings (SSSR count). The second kappa shape index (κ2) is 6.09. The minimum Gasteiger partial charge on any atom is -0.384 e. The van der Waals surface area contributed by atoms with Crippen molar-refractivity contribution in [2.45, 2.75) is 45.1 Å². The first-order valence-corrected chi connectivity index (χ1v) is 7.29. The SMILES string of the molecule is CCC1CCC(N(C)c2ccc(C(=N)N)cc2)CC1. The molecule has 0 amide bonds. The van der Waals surface area contributed by atoms with Crippen LogP contribution in [0.4, 0.5) is 5.69 Å². The maximum Gasteiger partial charge on any atom is 0.122 e. The molecule has 0 aliphatic heterocycles. The van der Waals surface area contributed by atoms with E-state index < -0.39 is 0 Å². The quantitative estimate of drug-likeness (QED) is 0.643. The average Bonchev–Trinajstić information content (AvgIpc) is 2.46. The molecular weight excluding hydrogens is 234 g/mol. The van der Waals surface area contributed by atoms with Crippen molar-refractivity contribution in [1.29, 1.82) is 5.41 Å². The Bertz CT molecular complexity index is 416. The highest BCUT2D eigenvalue weighted by Gasteiger charge is 2.23. The van der Waals surface area contributed by atoms with E-state index in [4.69, 9.17) is 11.1 Å². The first kappa shape index (κ1) is 13.9. The number of hydrogen-bond acceptors (Lipinski definition) is 2. The summed E-state index contributed by atoms with van der Waals surface area (Å²) in [6, 6.07) is 8.68. The Balaban J connectivity index is 1.99. The van der Waals surface area contributed by atoms with E-state index in [2.05, 4.69) is 31.0 Å². The summed E-state index contributed by atoms with van der Waals surface area (Å²) in [6.07, 6.45) is 6.63. The van der Waals surface area contributed by atoms with E-state index in [9.17, 15) is 0 Å². The maximum atomic E-state index is 7.42. The van der Waals surface area contributed by atoms with Gasteiger partial charge in [0.2, 0.25) is 0 Å². The van der Waals surface area contributed by atoms with Gasteiger partial charge in [0.05, 0.1) is 0 Å². The van der Waals surface area contributed by atoms with Gasteiger partial charge in [-0.15, -0.1) is 0 Å². The minimum atomic E-state index is 0.137. The Hall–Kier alpha value is -1.51. The van der Waals surface area contributed by atoms with Crippen molar-refractivity contribution in [2.75, 3.05) is 11.9 Å². The van der Waals surface area contributed by atoms with Gasteiger partial charge in [-0.1, -0.05) is 13.3 Å². The zero-order chi connectivity index (χ0) is 13.8. The lowest BCUT2D eigenvalue weighted by Crippen LogP contribution is -2.35. The molecule has 19 heavy (non-hydrogen) atoms. The number of amidine groups is 1. The van der Waals surface area contributed by atoms with Gasteiger partial charge in [0.1, 0.15) is 5.84 Å². The Morgan fingerprint density at radius 2 is 1.79 bits per heavy atom. The molecule has 0 atom stereocenters. The van der Waals surface area contributed by atoms with Crippen LogP contribution in [0.15, 0.2) is 24.3 Å². The molecule has 3 heteroatoms. The van der Waals surface area contributed by atoms with Crippen molar-refractivity contribution in [3.05, 3.63) is 29.8 Å². The van der Waals surface area contributed by atoms with E-state index in [0.29, 0.717) is 6.04 Å². The van der Waals surface area contributed by atoms with Crippen LogP contribution in [-0.2, 0) is 0 Å². The van der Waals surface area contributed by atoms with Gasteiger partial charge in [-0.2, -0.15) is 0 Å². The van der Waals surface area contributed by atoms with E-state index >= 15 is 0 Å². The van der Waals surface area contributed by atoms with Crippen LogP contribution in [0.5, 0.6) is 0 Å². The summed E-state index contributed by atoms with van der Waals surface area (Å²) in [5.74, 6) is 1.07. The van der Waals surface area contributed by atoms with Gasteiger partial charge < -0.3 is 10.6 Å². The van der Waals surface area contributed by atoms with Crippen molar-refractivity contribution in [2.24, 2.45) is 11.7 Å². The van der Waals surface area contributed by atoms with Crippen LogP contribution < -0.4 is 10.6 Å². The lowest BCUT2D eigenvalue weighted by molar-refractivity contribution is 0.313. The third-order valence-electron chi connectivity index (χ3n) is 4.53. The van der Waals surface area contributed by atoms with E-state index in [-0.39, 0.29) is 5.84 Å². The molecule has 1 aromatic rings. The zero-order valence-electron chi connectivity index (χ0n) is 12.0. The molecule has 0 saturated heterocycles.